The third-order valence-corrected chi connectivity index (χ3v) is 3.12. The highest BCUT2D eigenvalue weighted by Crippen LogP contribution is 2.27. The van der Waals surface area contributed by atoms with Gasteiger partial charge in [0.15, 0.2) is 0 Å². The van der Waals surface area contributed by atoms with Crippen LogP contribution in [0.25, 0.3) is 0 Å². The molecule has 4 heteroatoms. The number of morpholine rings is 1. The number of hydrogen-bond acceptors (Lipinski definition) is 4. The summed E-state index contributed by atoms with van der Waals surface area (Å²) < 4.78 is 5.54. The molecule has 1 atom stereocenters. The Morgan fingerprint density at radius 3 is 3.07 bits per heavy atom. The minimum Gasteiger partial charge on any atom is -0.378 e. The van der Waals surface area contributed by atoms with Crippen molar-refractivity contribution >= 4 is 0 Å². The lowest BCUT2D eigenvalue weighted by atomic mass is 9.92. The van der Waals surface area contributed by atoms with E-state index in [0.29, 0.717) is 13.2 Å². The van der Waals surface area contributed by atoms with Gasteiger partial charge in [-0.2, -0.15) is 0 Å². The summed E-state index contributed by atoms with van der Waals surface area (Å²) in [4.78, 5) is 6.63. The van der Waals surface area contributed by atoms with E-state index in [9.17, 15) is 0 Å². The Morgan fingerprint density at radius 2 is 2.47 bits per heavy atom. The molecular formula is C11H17N3O. The van der Waals surface area contributed by atoms with Crippen molar-refractivity contribution in [3.05, 3.63) is 30.1 Å². The molecule has 0 saturated carbocycles. The first-order valence-corrected chi connectivity index (χ1v) is 5.20. The maximum Gasteiger partial charge on any atom is 0.0991 e. The first kappa shape index (κ1) is 10.5. The summed E-state index contributed by atoms with van der Waals surface area (Å²) in [6, 6.07) is 5.91. The number of nitrogens with two attached hydrogens (primary N) is 1. The molecule has 1 fully saturated rings. The van der Waals surface area contributed by atoms with E-state index in [1.165, 1.54) is 0 Å². The van der Waals surface area contributed by atoms with Gasteiger partial charge in [-0.15, -0.1) is 0 Å². The molecule has 1 aromatic rings. The highest BCUT2D eigenvalue weighted by molar-refractivity contribution is 5.18. The predicted octanol–water partition coefficient (Wildman–Crippen LogP) is 0.198. The van der Waals surface area contributed by atoms with E-state index in [-0.39, 0.29) is 5.54 Å². The SMILES string of the molecule is CN1CCOCC1(CN)c1ccccn1. The molecule has 0 bridgehead atoms. The highest BCUT2D eigenvalue weighted by Gasteiger charge is 2.39. The molecule has 0 spiro atoms. The van der Waals surface area contributed by atoms with Crippen LogP contribution in [-0.2, 0) is 10.3 Å². The van der Waals surface area contributed by atoms with Gasteiger partial charge in [-0.05, 0) is 19.2 Å². The number of pyridine rings is 1. The Labute approximate surface area is 90.0 Å². The Balaban J connectivity index is 2.35. The monoisotopic (exact) mass is 207 g/mol. The van der Waals surface area contributed by atoms with Crippen LogP contribution in [0.15, 0.2) is 24.4 Å². The summed E-state index contributed by atoms with van der Waals surface area (Å²) in [6.07, 6.45) is 1.80. The van der Waals surface area contributed by atoms with Crippen LogP contribution >= 0.6 is 0 Å². The summed E-state index contributed by atoms with van der Waals surface area (Å²) in [5.41, 5.74) is 6.64. The average molecular weight is 207 g/mol. The van der Waals surface area contributed by atoms with Crippen LogP contribution in [0, 0.1) is 0 Å². The fourth-order valence-corrected chi connectivity index (χ4v) is 1.99. The summed E-state index contributed by atoms with van der Waals surface area (Å²) in [7, 11) is 2.07. The first-order chi connectivity index (χ1) is 7.29. The molecule has 1 saturated heterocycles. The van der Waals surface area contributed by atoms with E-state index in [4.69, 9.17) is 10.5 Å². The first-order valence-electron chi connectivity index (χ1n) is 5.20. The average Bonchev–Trinajstić information content (AvgIpc) is 2.31. The molecule has 1 aromatic heterocycles. The molecule has 1 unspecified atom stereocenters. The van der Waals surface area contributed by atoms with Crippen LogP contribution < -0.4 is 5.73 Å². The Morgan fingerprint density at radius 1 is 1.60 bits per heavy atom. The van der Waals surface area contributed by atoms with E-state index in [1.807, 2.05) is 18.2 Å². The summed E-state index contributed by atoms with van der Waals surface area (Å²) >= 11 is 0. The number of hydrogen-bond donors (Lipinski definition) is 1. The van der Waals surface area contributed by atoms with Crippen molar-refractivity contribution in [2.24, 2.45) is 5.73 Å². The van der Waals surface area contributed by atoms with Crippen LogP contribution in [0.3, 0.4) is 0 Å². The Kier molecular flexibility index (Phi) is 3.00. The minimum atomic E-state index is -0.250. The zero-order valence-electron chi connectivity index (χ0n) is 9.02. The van der Waals surface area contributed by atoms with Gasteiger partial charge in [0, 0.05) is 19.3 Å². The maximum absolute atomic E-state index is 5.90. The molecular weight excluding hydrogens is 190 g/mol. The van der Waals surface area contributed by atoms with Gasteiger partial charge in [0.2, 0.25) is 0 Å². The molecule has 82 valence electrons. The van der Waals surface area contributed by atoms with Crippen molar-refractivity contribution in [2.75, 3.05) is 33.4 Å². The minimum absolute atomic E-state index is 0.250. The second-order valence-corrected chi connectivity index (χ2v) is 3.92. The molecule has 0 amide bonds. The summed E-state index contributed by atoms with van der Waals surface area (Å²) in [5.74, 6) is 0. The maximum atomic E-state index is 5.90. The topological polar surface area (TPSA) is 51.4 Å². The normalized spacial score (nSPS) is 27.9. The van der Waals surface area contributed by atoms with Crippen LogP contribution in [-0.4, -0.2) is 43.2 Å². The standard InChI is InChI=1S/C11H17N3O/c1-14-6-7-15-9-11(14,8-12)10-4-2-3-5-13-10/h2-5H,6-9,12H2,1H3. The molecule has 2 N–H and O–H groups in total. The predicted molar refractivity (Wildman–Crippen MR) is 58.4 cm³/mol. The number of aromatic nitrogens is 1. The summed E-state index contributed by atoms with van der Waals surface area (Å²) in [6.45, 7) is 2.82. The van der Waals surface area contributed by atoms with Crippen LogP contribution in [0.2, 0.25) is 0 Å². The van der Waals surface area contributed by atoms with E-state index in [0.717, 1.165) is 18.8 Å². The summed E-state index contributed by atoms with van der Waals surface area (Å²) in [5, 5.41) is 0. The molecule has 0 aliphatic carbocycles. The van der Waals surface area contributed by atoms with Crippen LogP contribution in [0.5, 0.6) is 0 Å². The van der Waals surface area contributed by atoms with Gasteiger partial charge in [0.1, 0.15) is 0 Å². The lowest BCUT2D eigenvalue weighted by molar-refractivity contribution is -0.0569. The molecule has 2 heterocycles. The van der Waals surface area contributed by atoms with Crippen LogP contribution in [0.4, 0.5) is 0 Å². The molecule has 0 radical (unpaired) electrons. The van der Waals surface area contributed by atoms with Gasteiger partial charge < -0.3 is 10.5 Å². The Hall–Kier alpha value is -0.970. The lowest BCUT2D eigenvalue weighted by Crippen LogP contribution is -2.57. The molecule has 1 aliphatic heterocycles. The largest absolute Gasteiger partial charge is 0.378 e. The van der Waals surface area contributed by atoms with E-state index in [2.05, 4.69) is 16.9 Å². The lowest BCUT2D eigenvalue weighted by Gasteiger charge is -2.43. The number of rotatable bonds is 2. The van der Waals surface area contributed by atoms with E-state index < -0.39 is 0 Å². The molecule has 4 nitrogen and oxygen atoms in total. The van der Waals surface area contributed by atoms with Gasteiger partial charge in [0.05, 0.1) is 24.4 Å². The van der Waals surface area contributed by atoms with E-state index >= 15 is 0 Å². The fraction of sp³-hybridized carbons (Fsp3) is 0.545. The smallest absolute Gasteiger partial charge is 0.0991 e. The van der Waals surface area contributed by atoms with E-state index in [1.54, 1.807) is 6.20 Å². The molecule has 0 aromatic carbocycles. The highest BCUT2D eigenvalue weighted by atomic mass is 16.5. The van der Waals surface area contributed by atoms with Crippen molar-refractivity contribution in [1.29, 1.82) is 0 Å². The van der Waals surface area contributed by atoms with Crippen molar-refractivity contribution in [3.63, 3.8) is 0 Å². The quantitative estimate of drug-likeness (QED) is 0.752. The van der Waals surface area contributed by atoms with Gasteiger partial charge in [0.25, 0.3) is 0 Å². The molecule has 1 aliphatic rings. The Bertz CT molecular complexity index is 317. The molecule has 15 heavy (non-hydrogen) atoms. The van der Waals surface area contributed by atoms with Crippen molar-refractivity contribution in [3.8, 4) is 0 Å². The van der Waals surface area contributed by atoms with Crippen molar-refractivity contribution in [1.82, 2.24) is 9.88 Å². The zero-order valence-corrected chi connectivity index (χ0v) is 9.02. The van der Waals surface area contributed by atoms with Crippen molar-refractivity contribution < 1.29 is 4.74 Å². The number of likely N-dealkylation sites (N-methyl/N-ethyl adjacent to an activating group) is 1. The second-order valence-electron chi connectivity index (χ2n) is 3.92. The van der Waals surface area contributed by atoms with Gasteiger partial charge in [-0.25, -0.2) is 0 Å². The third kappa shape index (κ3) is 1.76. The van der Waals surface area contributed by atoms with Crippen LogP contribution in [0.1, 0.15) is 5.69 Å². The van der Waals surface area contributed by atoms with Gasteiger partial charge >= 0.3 is 0 Å². The second kappa shape index (κ2) is 4.26. The number of nitrogens with zero attached hydrogens (tertiary/aromatic N) is 2. The van der Waals surface area contributed by atoms with Crippen molar-refractivity contribution in [2.45, 2.75) is 5.54 Å². The fourth-order valence-electron chi connectivity index (χ4n) is 1.99. The number of ether oxygens (including phenoxy) is 1. The third-order valence-electron chi connectivity index (χ3n) is 3.12. The van der Waals surface area contributed by atoms with Gasteiger partial charge in [-0.1, -0.05) is 6.07 Å². The van der Waals surface area contributed by atoms with Gasteiger partial charge in [-0.3, -0.25) is 9.88 Å². The zero-order chi connectivity index (χ0) is 10.7. The molecule has 2 rings (SSSR count).